The minimum absolute atomic E-state index is 0.139. The van der Waals surface area contributed by atoms with Gasteiger partial charge in [0.1, 0.15) is 5.75 Å². The smallest absolute Gasteiger partial charge is 0.261 e. The summed E-state index contributed by atoms with van der Waals surface area (Å²) in [5, 5.41) is 0. The Morgan fingerprint density at radius 2 is 2.00 bits per heavy atom. The van der Waals surface area contributed by atoms with Gasteiger partial charge < -0.3 is 4.74 Å². The van der Waals surface area contributed by atoms with E-state index in [4.69, 9.17) is 15.4 Å². The molecule has 100 valence electrons. The van der Waals surface area contributed by atoms with Gasteiger partial charge in [-0.1, -0.05) is 6.08 Å². The van der Waals surface area contributed by atoms with Crippen molar-refractivity contribution in [2.45, 2.75) is 31.6 Å². The highest BCUT2D eigenvalue weighted by atomic mass is 35.7. The highest BCUT2D eigenvalue weighted by Crippen LogP contribution is 2.27. The molecule has 0 aliphatic carbocycles. The van der Waals surface area contributed by atoms with Gasteiger partial charge in [0.2, 0.25) is 0 Å². The first-order chi connectivity index (χ1) is 8.36. The molecule has 5 heteroatoms. The van der Waals surface area contributed by atoms with E-state index in [1.165, 1.54) is 0 Å². The van der Waals surface area contributed by atoms with Gasteiger partial charge in [-0.3, -0.25) is 0 Å². The molecule has 0 aliphatic rings. The molecule has 0 fully saturated rings. The van der Waals surface area contributed by atoms with E-state index in [2.05, 4.69) is 6.58 Å². The van der Waals surface area contributed by atoms with Crippen LogP contribution in [0.15, 0.2) is 29.7 Å². The van der Waals surface area contributed by atoms with Crippen LogP contribution in [0, 0.1) is 13.8 Å². The van der Waals surface area contributed by atoms with Gasteiger partial charge in [0.05, 0.1) is 11.5 Å². The Kier molecular flexibility index (Phi) is 5.23. The lowest BCUT2D eigenvalue weighted by Gasteiger charge is -2.11. The van der Waals surface area contributed by atoms with Crippen LogP contribution in [-0.4, -0.2) is 15.0 Å². The third-order valence-electron chi connectivity index (χ3n) is 2.55. The highest BCUT2D eigenvalue weighted by Gasteiger charge is 2.15. The molecule has 0 amide bonds. The van der Waals surface area contributed by atoms with Crippen LogP contribution in [0.5, 0.6) is 5.75 Å². The van der Waals surface area contributed by atoms with Crippen molar-refractivity contribution in [3.63, 3.8) is 0 Å². The zero-order valence-corrected chi connectivity index (χ0v) is 12.1. The molecule has 0 radical (unpaired) electrons. The van der Waals surface area contributed by atoms with E-state index in [-0.39, 0.29) is 4.90 Å². The maximum absolute atomic E-state index is 11.3. The number of hydrogen-bond donors (Lipinski definition) is 0. The second-order valence-corrected chi connectivity index (χ2v) is 6.63. The van der Waals surface area contributed by atoms with Crippen LogP contribution in [0.2, 0.25) is 0 Å². The molecule has 0 aliphatic heterocycles. The molecule has 0 bridgehead atoms. The van der Waals surface area contributed by atoms with Crippen molar-refractivity contribution in [3.8, 4) is 5.75 Å². The predicted molar refractivity (Wildman–Crippen MR) is 73.9 cm³/mol. The standard InChI is InChI=1S/C13H17ClO3S/c1-4-5-6-7-17-12-8-11(3)13(9-10(12)2)18(14,15)16/h4,8-9H,1,5-7H2,2-3H3. The third kappa shape index (κ3) is 4.03. The summed E-state index contributed by atoms with van der Waals surface area (Å²) in [6, 6.07) is 3.25. The maximum Gasteiger partial charge on any atom is 0.261 e. The lowest BCUT2D eigenvalue weighted by atomic mass is 10.1. The molecular formula is C13H17ClO3S. The van der Waals surface area contributed by atoms with Gasteiger partial charge in [0.15, 0.2) is 0 Å². The summed E-state index contributed by atoms with van der Waals surface area (Å²) in [5.74, 6) is 0.695. The van der Waals surface area contributed by atoms with Crippen LogP contribution in [0.25, 0.3) is 0 Å². The van der Waals surface area contributed by atoms with Crippen LogP contribution in [0.4, 0.5) is 0 Å². The minimum Gasteiger partial charge on any atom is -0.493 e. The number of hydrogen-bond acceptors (Lipinski definition) is 3. The highest BCUT2D eigenvalue weighted by molar-refractivity contribution is 8.13. The van der Waals surface area contributed by atoms with Crippen LogP contribution >= 0.6 is 10.7 Å². The Hall–Kier alpha value is -1.00. The quantitative estimate of drug-likeness (QED) is 0.456. The number of aryl methyl sites for hydroxylation is 2. The number of ether oxygens (including phenoxy) is 1. The third-order valence-corrected chi connectivity index (χ3v) is 4.01. The monoisotopic (exact) mass is 288 g/mol. The fourth-order valence-electron chi connectivity index (χ4n) is 1.59. The molecule has 0 saturated carbocycles. The van der Waals surface area contributed by atoms with E-state index in [0.29, 0.717) is 17.9 Å². The van der Waals surface area contributed by atoms with Crippen molar-refractivity contribution in [1.82, 2.24) is 0 Å². The molecule has 0 spiro atoms. The van der Waals surface area contributed by atoms with Gasteiger partial charge in [0, 0.05) is 10.7 Å². The van der Waals surface area contributed by atoms with E-state index in [1.54, 1.807) is 26.0 Å². The van der Waals surface area contributed by atoms with Gasteiger partial charge in [-0.05, 0) is 49.9 Å². The van der Waals surface area contributed by atoms with E-state index < -0.39 is 9.05 Å². The van der Waals surface area contributed by atoms with Crippen molar-refractivity contribution in [3.05, 3.63) is 35.9 Å². The summed E-state index contributed by atoms with van der Waals surface area (Å²) in [6.45, 7) is 7.72. The largest absolute Gasteiger partial charge is 0.493 e. The first kappa shape index (κ1) is 15.1. The van der Waals surface area contributed by atoms with Crippen molar-refractivity contribution in [2.75, 3.05) is 6.61 Å². The van der Waals surface area contributed by atoms with Gasteiger partial charge in [-0.25, -0.2) is 8.42 Å². The second-order valence-electron chi connectivity index (χ2n) is 4.10. The second kappa shape index (κ2) is 6.25. The van der Waals surface area contributed by atoms with Crippen LogP contribution in [0.3, 0.4) is 0 Å². The molecule has 0 aromatic heterocycles. The van der Waals surface area contributed by atoms with Gasteiger partial charge in [-0.15, -0.1) is 6.58 Å². The topological polar surface area (TPSA) is 43.4 Å². The molecule has 0 atom stereocenters. The lowest BCUT2D eigenvalue weighted by molar-refractivity contribution is 0.309. The minimum atomic E-state index is -3.70. The summed E-state index contributed by atoms with van der Waals surface area (Å²) in [4.78, 5) is 0.139. The van der Waals surface area contributed by atoms with E-state index in [1.807, 2.05) is 6.08 Å². The summed E-state index contributed by atoms with van der Waals surface area (Å²) in [5.41, 5.74) is 1.35. The Labute approximate surface area is 113 Å². The molecular weight excluding hydrogens is 272 g/mol. The molecule has 0 N–H and O–H groups in total. The number of allylic oxidation sites excluding steroid dienone is 1. The zero-order chi connectivity index (χ0) is 13.8. The molecule has 18 heavy (non-hydrogen) atoms. The normalized spacial score (nSPS) is 11.3. The number of halogens is 1. The van der Waals surface area contributed by atoms with Crippen molar-refractivity contribution in [2.24, 2.45) is 0 Å². The van der Waals surface area contributed by atoms with Gasteiger partial charge in [-0.2, -0.15) is 0 Å². The molecule has 0 heterocycles. The molecule has 1 rings (SSSR count). The summed E-state index contributed by atoms with van der Waals surface area (Å²) >= 11 is 0. The SMILES string of the molecule is C=CCCCOc1cc(C)c(S(=O)(=O)Cl)cc1C. The number of rotatable bonds is 6. The van der Waals surface area contributed by atoms with Crippen molar-refractivity contribution >= 4 is 19.7 Å². The molecule has 3 nitrogen and oxygen atoms in total. The average molecular weight is 289 g/mol. The van der Waals surface area contributed by atoms with E-state index >= 15 is 0 Å². The Balaban J connectivity index is 2.90. The van der Waals surface area contributed by atoms with Crippen molar-refractivity contribution < 1.29 is 13.2 Å². The first-order valence-corrected chi connectivity index (χ1v) is 7.97. The Morgan fingerprint density at radius 3 is 2.56 bits per heavy atom. The summed E-state index contributed by atoms with van der Waals surface area (Å²) in [7, 11) is 1.66. The average Bonchev–Trinajstić information content (AvgIpc) is 2.27. The van der Waals surface area contributed by atoms with Crippen LogP contribution in [-0.2, 0) is 9.05 Å². The number of benzene rings is 1. The summed E-state index contributed by atoms with van der Waals surface area (Å²) < 4.78 is 28.3. The van der Waals surface area contributed by atoms with E-state index in [0.717, 1.165) is 18.4 Å². The maximum atomic E-state index is 11.3. The number of unbranched alkanes of at least 4 members (excludes halogenated alkanes) is 1. The first-order valence-electron chi connectivity index (χ1n) is 5.66. The van der Waals surface area contributed by atoms with Crippen LogP contribution < -0.4 is 4.74 Å². The molecule has 1 aromatic rings. The zero-order valence-electron chi connectivity index (χ0n) is 10.6. The van der Waals surface area contributed by atoms with Crippen LogP contribution in [0.1, 0.15) is 24.0 Å². The van der Waals surface area contributed by atoms with Gasteiger partial charge >= 0.3 is 0 Å². The predicted octanol–water partition coefficient (Wildman–Crippen LogP) is 3.58. The Morgan fingerprint density at radius 1 is 1.33 bits per heavy atom. The molecule has 0 unspecified atom stereocenters. The Bertz CT molecular complexity index is 535. The fourth-order valence-corrected chi connectivity index (χ4v) is 2.85. The molecule has 0 saturated heterocycles. The van der Waals surface area contributed by atoms with Crippen molar-refractivity contribution in [1.29, 1.82) is 0 Å². The van der Waals surface area contributed by atoms with E-state index in [9.17, 15) is 8.42 Å². The lowest BCUT2D eigenvalue weighted by Crippen LogP contribution is -2.01. The molecule has 1 aromatic carbocycles. The fraction of sp³-hybridized carbons (Fsp3) is 0.385. The summed E-state index contributed by atoms with van der Waals surface area (Å²) in [6.07, 6.45) is 3.62. The van der Waals surface area contributed by atoms with Gasteiger partial charge in [0.25, 0.3) is 9.05 Å².